The average molecular weight is 278 g/mol. The normalized spacial score (nSPS) is 9.82. The van der Waals surface area contributed by atoms with Crippen LogP contribution in [0.5, 0.6) is 0 Å². The summed E-state index contributed by atoms with van der Waals surface area (Å²) in [7, 11) is 0. The second-order valence-corrected chi connectivity index (χ2v) is 4.80. The lowest BCUT2D eigenvalue weighted by molar-refractivity contribution is 1.65. The van der Waals surface area contributed by atoms with Crippen LogP contribution in [0.4, 0.5) is 0 Å². The molecular formula is C22H14. The summed E-state index contributed by atoms with van der Waals surface area (Å²) < 4.78 is 0. The van der Waals surface area contributed by atoms with Gasteiger partial charge in [-0.3, -0.25) is 0 Å². The van der Waals surface area contributed by atoms with Crippen LogP contribution in [0.2, 0.25) is 0 Å². The Labute approximate surface area is 131 Å². The van der Waals surface area contributed by atoms with E-state index in [1.807, 2.05) is 48.5 Å². The molecule has 0 atom stereocenters. The summed E-state index contributed by atoms with van der Waals surface area (Å²) in [6, 6.07) is 24.4. The fraction of sp³-hybridized carbons (Fsp3) is 0. The zero-order valence-electron chi connectivity index (χ0n) is 12.1. The van der Waals surface area contributed by atoms with Crippen molar-refractivity contribution in [2.75, 3.05) is 0 Å². The first-order valence-electron chi connectivity index (χ1n) is 7.14. The molecule has 0 nitrogen and oxygen atoms in total. The maximum absolute atomic E-state index is 3.13. The molecule has 0 aliphatic heterocycles. The van der Waals surface area contributed by atoms with Gasteiger partial charge in [0, 0.05) is 11.1 Å². The minimum absolute atomic E-state index is 1.01. The van der Waals surface area contributed by atoms with E-state index in [-0.39, 0.29) is 0 Å². The molecule has 102 valence electrons. The fourth-order valence-corrected chi connectivity index (χ4v) is 2.12. The number of benzene rings is 3. The number of hydrogen-bond donors (Lipinski definition) is 0. The second-order valence-electron chi connectivity index (χ2n) is 4.80. The first-order valence-corrected chi connectivity index (χ1v) is 7.14. The highest BCUT2D eigenvalue weighted by atomic mass is 14.0. The van der Waals surface area contributed by atoms with Crippen LogP contribution in [-0.4, -0.2) is 0 Å². The largest absolute Gasteiger partial charge is 0.0689 e. The Kier molecular flexibility index (Phi) is 4.36. The molecule has 0 unspecified atom stereocenters. The molecule has 22 heavy (non-hydrogen) atoms. The van der Waals surface area contributed by atoms with Crippen molar-refractivity contribution in [3.8, 4) is 23.7 Å². The Morgan fingerprint density at radius 1 is 0.545 bits per heavy atom. The third-order valence-corrected chi connectivity index (χ3v) is 3.21. The molecule has 0 saturated heterocycles. The monoisotopic (exact) mass is 278 g/mol. The van der Waals surface area contributed by atoms with Crippen molar-refractivity contribution in [2.24, 2.45) is 0 Å². The standard InChI is InChI=1S/C22H14/c1(4-10-19-11-6-3-7-12-19)2-5-13-20-16-17-21-14-8-9-15-22(21)18-20/h1-3,6-9,11-12,14-18H/b2-1-. The Hall–Kier alpha value is -3.22. The van der Waals surface area contributed by atoms with Crippen LogP contribution in [0.3, 0.4) is 0 Å². The van der Waals surface area contributed by atoms with Gasteiger partial charge in [-0.05, 0) is 47.2 Å². The topological polar surface area (TPSA) is 0 Å². The van der Waals surface area contributed by atoms with Gasteiger partial charge in [-0.15, -0.1) is 0 Å². The maximum atomic E-state index is 3.13. The maximum Gasteiger partial charge on any atom is 0.0255 e. The number of rotatable bonds is 0. The lowest BCUT2D eigenvalue weighted by Gasteiger charge is -1.96. The molecule has 0 spiro atoms. The van der Waals surface area contributed by atoms with Crippen LogP contribution in [0.25, 0.3) is 10.8 Å². The molecule has 0 fully saturated rings. The number of hydrogen-bond acceptors (Lipinski definition) is 0. The van der Waals surface area contributed by atoms with Crippen molar-refractivity contribution < 1.29 is 0 Å². The summed E-state index contributed by atoms with van der Waals surface area (Å²) in [4.78, 5) is 0. The van der Waals surface area contributed by atoms with Crippen molar-refractivity contribution in [3.05, 3.63) is 96.1 Å². The molecule has 0 aliphatic carbocycles. The number of fused-ring (bicyclic) bond motifs is 1. The van der Waals surface area contributed by atoms with Crippen LogP contribution >= 0.6 is 0 Å². The van der Waals surface area contributed by atoms with E-state index in [4.69, 9.17) is 0 Å². The van der Waals surface area contributed by atoms with Crippen LogP contribution in [-0.2, 0) is 0 Å². The van der Waals surface area contributed by atoms with E-state index in [1.165, 1.54) is 10.8 Å². The summed E-state index contributed by atoms with van der Waals surface area (Å²) in [6.45, 7) is 0. The quantitative estimate of drug-likeness (QED) is 0.518. The van der Waals surface area contributed by atoms with Gasteiger partial charge >= 0.3 is 0 Å². The van der Waals surface area contributed by atoms with Crippen molar-refractivity contribution >= 4 is 10.8 Å². The van der Waals surface area contributed by atoms with E-state index >= 15 is 0 Å². The molecule has 3 aromatic carbocycles. The Balaban J connectivity index is 1.70. The minimum Gasteiger partial charge on any atom is -0.0689 e. The van der Waals surface area contributed by atoms with Crippen LogP contribution in [0.15, 0.2) is 84.9 Å². The predicted molar refractivity (Wildman–Crippen MR) is 93.3 cm³/mol. The van der Waals surface area contributed by atoms with E-state index in [2.05, 4.69) is 47.9 Å². The lowest BCUT2D eigenvalue weighted by Crippen LogP contribution is -1.75. The van der Waals surface area contributed by atoms with Crippen LogP contribution < -0.4 is 0 Å². The van der Waals surface area contributed by atoms with Gasteiger partial charge in [0.25, 0.3) is 0 Å². The molecule has 0 aromatic heterocycles. The van der Waals surface area contributed by atoms with Gasteiger partial charge in [0.2, 0.25) is 0 Å². The molecule has 0 aliphatic rings. The summed E-state index contributed by atoms with van der Waals surface area (Å²) in [5.74, 6) is 12.2. The smallest absolute Gasteiger partial charge is 0.0255 e. The van der Waals surface area contributed by atoms with E-state index < -0.39 is 0 Å². The van der Waals surface area contributed by atoms with Gasteiger partial charge in [0.15, 0.2) is 0 Å². The highest BCUT2D eigenvalue weighted by Crippen LogP contribution is 2.14. The van der Waals surface area contributed by atoms with Crippen molar-refractivity contribution in [2.45, 2.75) is 0 Å². The second kappa shape index (κ2) is 6.98. The zero-order valence-corrected chi connectivity index (χ0v) is 12.1. The molecule has 0 bridgehead atoms. The molecule has 0 N–H and O–H groups in total. The van der Waals surface area contributed by atoms with Crippen molar-refractivity contribution in [1.29, 1.82) is 0 Å². The molecule has 0 radical (unpaired) electrons. The SMILES string of the molecule is C(#Cc1ccccc1)/C=C\C#Cc1ccc2ccccc2c1. The first kappa shape index (κ1) is 13.7. The van der Waals surface area contributed by atoms with Gasteiger partial charge in [-0.25, -0.2) is 0 Å². The van der Waals surface area contributed by atoms with Crippen molar-refractivity contribution in [3.63, 3.8) is 0 Å². The fourth-order valence-electron chi connectivity index (χ4n) is 2.12. The third-order valence-electron chi connectivity index (χ3n) is 3.21. The van der Waals surface area contributed by atoms with Gasteiger partial charge in [0.1, 0.15) is 0 Å². The zero-order chi connectivity index (χ0) is 15.0. The molecule has 0 heterocycles. The third kappa shape index (κ3) is 3.66. The van der Waals surface area contributed by atoms with Crippen LogP contribution in [0, 0.1) is 23.7 Å². The van der Waals surface area contributed by atoms with Crippen LogP contribution in [0.1, 0.15) is 11.1 Å². The predicted octanol–water partition coefficient (Wildman–Crippen LogP) is 4.80. The van der Waals surface area contributed by atoms with Gasteiger partial charge < -0.3 is 0 Å². The summed E-state index contributed by atoms with van der Waals surface area (Å²) in [5, 5.41) is 2.44. The highest BCUT2D eigenvalue weighted by molar-refractivity contribution is 5.83. The minimum atomic E-state index is 1.01. The number of allylic oxidation sites excluding steroid dienone is 2. The molecule has 0 heteroatoms. The van der Waals surface area contributed by atoms with Gasteiger partial charge in [0.05, 0.1) is 0 Å². The Bertz CT molecular complexity index is 923. The van der Waals surface area contributed by atoms with E-state index in [0.29, 0.717) is 0 Å². The van der Waals surface area contributed by atoms with E-state index in [0.717, 1.165) is 11.1 Å². The average Bonchev–Trinajstić information content (AvgIpc) is 2.59. The molecular weight excluding hydrogens is 264 g/mol. The van der Waals surface area contributed by atoms with E-state index in [9.17, 15) is 0 Å². The summed E-state index contributed by atoms with van der Waals surface area (Å²) in [6.07, 6.45) is 3.56. The Morgan fingerprint density at radius 3 is 1.95 bits per heavy atom. The molecule has 0 amide bonds. The first-order chi connectivity index (χ1) is 10.9. The summed E-state index contributed by atoms with van der Waals surface area (Å²) in [5.41, 5.74) is 2.02. The summed E-state index contributed by atoms with van der Waals surface area (Å²) >= 11 is 0. The van der Waals surface area contributed by atoms with Gasteiger partial charge in [-0.2, -0.15) is 0 Å². The molecule has 0 saturated carbocycles. The van der Waals surface area contributed by atoms with Crippen molar-refractivity contribution in [1.82, 2.24) is 0 Å². The Morgan fingerprint density at radius 2 is 1.18 bits per heavy atom. The van der Waals surface area contributed by atoms with E-state index in [1.54, 1.807) is 12.2 Å². The van der Waals surface area contributed by atoms with Gasteiger partial charge in [-0.1, -0.05) is 72.2 Å². The molecule has 3 rings (SSSR count). The molecule has 3 aromatic rings. The highest BCUT2D eigenvalue weighted by Gasteiger charge is 1.92. The lowest BCUT2D eigenvalue weighted by atomic mass is 10.1.